The fraction of sp³-hybridized carbons (Fsp3) is 0. The molecule has 0 fully saturated rings. The SMILES string of the molecule is O=c1occccccccccc2ccccc12. The average molecular weight is 250 g/mol. The van der Waals surface area contributed by atoms with E-state index in [0.717, 1.165) is 5.39 Å². The molecule has 2 aromatic rings. The number of fused-ring (bicyclic) bond motifs is 1. The lowest BCUT2D eigenvalue weighted by Crippen LogP contribution is -1.94. The summed E-state index contributed by atoms with van der Waals surface area (Å²) in [6.45, 7) is 0. The minimum atomic E-state index is -0.360. The molecule has 1 aromatic carbocycles. The second-order valence-corrected chi connectivity index (χ2v) is 3.83. The molecular weight excluding hydrogens is 236 g/mol. The molecule has 19 heavy (non-hydrogen) atoms. The minimum absolute atomic E-state index is 0.360. The first-order valence-corrected chi connectivity index (χ1v) is 6.01. The third kappa shape index (κ3) is 3.96. The van der Waals surface area contributed by atoms with Gasteiger partial charge in [0.25, 0.3) is 0 Å². The van der Waals surface area contributed by atoms with E-state index in [4.69, 9.17) is 4.42 Å². The van der Waals surface area contributed by atoms with Crippen LogP contribution in [0.3, 0.4) is 0 Å². The summed E-state index contributed by atoms with van der Waals surface area (Å²) in [6, 6.07) is 24.1. The third-order valence-corrected chi connectivity index (χ3v) is 2.49. The van der Waals surface area contributed by atoms with Gasteiger partial charge in [0.05, 0.1) is 11.6 Å². The van der Waals surface area contributed by atoms with Crippen LogP contribution < -0.4 is 5.63 Å². The first-order valence-electron chi connectivity index (χ1n) is 6.01. The maximum Gasteiger partial charge on any atom is 0.343 e. The zero-order valence-corrected chi connectivity index (χ0v) is 10.4. The van der Waals surface area contributed by atoms with Crippen molar-refractivity contribution in [2.24, 2.45) is 0 Å². The van der Waals surface area contributed by atoms with Gasteiger partial charge < -0.3 is 4.42 Å². The summed E-state index contributed by atoms with van der Waals surface area (Å²) in [5.41, 5.74) is -0.360. The normalized spacial score (nSPS) is 9.26. The maximum absolute atomic E-state index is 11.9. The van der Waals surface area contributed by atoms with Crippen molar-refractivity contribution in [1.29, 1.82) is 0 Å². The van der Waals surface area contributed by atoms with Crippen LogP contribution in [0, 0.1) is 0 Å². The minimum Gasteiger partial charge on any atom is -0.431 e. The van der Waals surface area contributed by atoms with Crippen LogP contribution in [-0.2, 0) is 0 Å². The highest BCUT2D eigenvalue weighted by molar-refractivity contribution is 5.80. The van der Waals surface area contributed by atoms with Crippen LogP contribution in [-0.4, -0.2) is 0 Å². The van der Waals surface area contributed by atoms with Gasteiger partial charge in [-0.1, -0.05) is 66.7 Å². The van der Waals surface area contributed by atoms with E-state index < -0.39 is 0 Å². The summed E-state index contributed by atoms with van der Waals surface area (Å²) < 4.78 is 5.07. The lowest BCUT2D eigenvalue weighted by molar-refractivity contribution is 0.521. The topological polar surface area (TPSA) is 30.2 Å². The highest BCUT2D eigenvalue weighted by atomic mass is 16.4. The fourth-order valence-corrected chi connectivity index (χ4v) is 1.58. The van der Waals surface area contributed by atoms with Crippen LogP contribution in [0.4, 0.5) is 0 Å². The van der Waals surface area contributed by atoms with Crippen molar-refractivity contribution in [3.8, 4) is 0 Å². The van der Waals surface area contributed by atoms with Crippen molar-refractivity contribution in [2.75, 3.05) is 0 Å². The molecule has 0 unspecified atom stereocenters. The molecule has 0 saturated carbocycles. The van der Waals surface area contributed by atoms with E-state index in [0.29, 0.717) is 5.39 Å². The molecule has 0 aliphatic heterocycles. The quantitative estimate of drug-likeness (QED) is 0.706. The van der Waals surface area contributed by atoms with E-state index in [1.807, 2.05) is 60.7 Å². The Morgan fingerprint density at radius 3 is 1.89 bits per heavy atom. The molecule has 1 aromatic heterocycles. The molecule has 1 heterocycles. The van der Waals surface area contributed by atoms with Crippen molar-refractivity contribution in [2.45, 2.75) is 0 Å². The second kappa shape index (κ2) is 6.97. The monoisotopic (exact) mass is 250 g/mol. The molecule has 0 saturated heterocycles. The third-order valence-electron chi connectivity index (χ3n) is 2.49. The van der Waals surface area contributed by atoms with E-state index in [-0.39, 0.29) is 5.63 Å². The summed E-state index contributed by atoms with van der Waals surface area (Å²) in [5, 5.41) is 1.38. The molecule has 0 spiro atoms. The molecular formula is C17H14O2. The van der Waals surface area contributed by atoms with E-state index in [1.54, 1.807) is 18.2 Å². The van der Waals surface area contributed by atoms with Gasteiger partial charge >= 0.3 is 5.63 Å². The molecule has 0 amide bonds. The van der Waals surface area contributed by atoms with E-state index in [9.17, 15) is 4.79 Å². The Morgan fingerprint density at radius 1 is 0.632 bits per heavy atom. The predicted molar refractivity (Wildman–Crippen MR) is 77.7 cm³/mol. The second-order valence-electron chi connectivity index (χ2n) is 3.83. The standard InChI is InChI=1S/C17H14O2/c18-17-16-13-9-8-12-15(16)11-7-5-3-1-2-4-6-10-14-19-17/h1-14H. The van der Waals surface area contributed by atoms with E-state index in [2.05, 4.69) is 0 Å². The molecule has 94 valence electrons. The van der Waals surface area contributed by atoms with Crippen molar-refractivity contribution < 1.29 is 4.42 Å². The Hall–Kier alpha value is -2.61. The van der Waals surface area contributed by atoms with Gasteiger partial charge in [-0.2, -0.15) is 0 Å². The molecule has 0 radical (unpaired) electrons. The van der Waals surface area contributed by atoms with Crippen LogP contribution in [0.5, 0.6) is 0 Å². The summed E-state index contributed by atoms with van der Waals surface area (Å²) >= 11 is 0. The lowest BCUT2D eigenvalue weighted by Gasteiger charge is -1.88. The molecule has 0 N–H and O–H groups in total. The number of hydrogen-bond donors (Lipinski definition) is 0. The molecule has 2 rings (SSSR count). The van der Waals surface area contributed by atoms with Crippen LogP contribution in [0.15, 0.2) is 94.3 Å². The van der Waals surface area contributed by atoms with Crippen molar-refractivity contribution >= 4 is 10.8 Å². The Kier molecular flexibility index (Phi) is 4.71. The molecule has 2 nitrogen and oxygen atoms in total. The molecule has 0 atom stereocenters. The van der Waals surface area contributed by atoms with E-state index >= 15 is 0 Å². The predicted octanol–water partition coefficient (Wildman–Crippen LogP) is 4.04. The van der Waals surface area contributed by atoms with Gasteiger partial charge in [0, 0.05) is 0 Å². The highest BCUT2D eigenvalue weighted by Gasteiger charge is 1.91. The van der Waals surface area contributed by atoms with Crippen LogP contribution in [0.2, 0.25) is 0 Å². The van der Waals surface area contributed by atoms with Crippen molar-refractivity contribution in [3.05, 3.63) is 95.5 Å². The maximum atomic E-state index is 11.9. The van der Waals surface area contributed by atoms with Crippen molar-refractivity contribution in [3.63, 3.8) is 0 Å². The van der Waals surface area contributed by atoms with Crippen molar-refractivity contribution in [1.82, 2.24) is 0 Å². The Balaban J connectivity index is 2.77. The first kappa shape index (κ1) is 12.8. The van der Waals surface area contributed by atoms with Gasteiger partial charge in [-0.3, -0.25) is 0 Å². The smallest absolute Gasteiger partial charge is 0.343 e. The Bertz CT molecular complexity index is 714. The molecule has 0 aliphatic rings. The highest BCUT2D eigenvalue weighted by Crippen LogP contribution is 2.05. The Labute approximate surface area is 111 Å². The molecule has 0 bridgehead atoms. The summed E-state index contributed by atoms with van der Waals surface area (Å²) in [4.78, 5) is 11.9. The Morgan fingerprint density at radius 2 is 1.16 bits per heavy atom. The van der Waals surface area contributed by atoms with Gasteiger partial charge in [-0.05, 0) is 17.5 Å². The number of hydrogen-bond acceptors (Lipinski definition) is 2. The van der Waals surface area contributed by atoms with Gasteiger partial charge in [0.2, 0.25) is 0 Å². The summed E-state index contributed by atoms with van der Waals surface area (Å²) in [7, 11) is 0. The fourth-order valence-electron chi connectivity index (χ4n) is 1.58. The van der Waals surface area contributed by atoms with Crippen LogP contribution >= 0.6 is 0 Å². The van der Waals surface area contributed by atoms with E-state index in [1.165, 1.54) is 6.26 Å². The lowest BCUT2D eigenvalue weighted by atomic mass is 10.2. The number of benzene rings is 1. The number of rotatable bonds is 0. The summed E-state index contributed by atoms with van der Waals surface area (Å²) in [6.07, 6.45) is 1.38. The average Bonchev–Trinajstić information content (AvgIpc) is 2.44. The zero-order chi connectivity index (χ0) is 13.3. The largest absolute Gasteiger partial charge is 0.431 e. The zero-order valence-electron chi connectivity index (χ0n) is 10.4. The van der Waals surface area contributed by atoms with Gasteiger partial charge in [0.15, 0.2) is 0 Å². The summed E-state index contributed by atoms with van der Waals surface area (Å²) in [5.74, 6) is 0. The van der Waals surface area contributed by atoms with Gasteiger partial charge in [0.1, 0.15) is 0 Å². The van der Waals surface area contributed by atoms with Crippen LogP contribution in [0.25, 0.3) is 10.8 Å². The molecule has 2 heteroatoms. The van der Waals surface area contributed by atoms with Gasteiger partial charge in [-0.25, -0.2) is 4.79 Å². The first-order chi connectivity index (χ1) is 9.38. The van der Waals surface area contributed by atoms with Gasteiger partial charge in [-0.15, -0.1) is 0 Å². The molecule has 0 aliphatic carbocycles. The van der Waals surface area contributed by atoms with Crippen LogP contribution in [0.1, 0.15) is 0 Å².